The van der Waals surface area contributed by atoms with Crippen LogP contribution in [0.4, 0.5) is 5.69 Å². The molecule has 0 saturated heterocycles. The third-order valence-corrected chi connectivity index (χ3v) is 4.11. The zero-order chi connectivity index (χ0) is 16.9. The van der Waals surface area contributed by atoms with E-state index in [0.717, 1.165) is 5.56 Å². The van der Waals surface area contributed by atoms with E-state index in [1.54, 1.807) is 18.2 Å². The van der Waals surface area contributed by atoms with Crippen molar-refractivity contribution in [1.29, 1.82) is 0 Å². The maximum atomic E-state index is 12.1. The van der Waals surface area contributed by atoms with Crippen LogP contribution >= 0.6 is 11.6 Å². The van der Waals surface area contributed by atoms with Gasteiger partial charge >= 0.3 is 0 Å². The Labute approximate surface area is 145 Å². The number of hydrogen-bond donors (Lipinski definition) is 2. The van der Waals surface area contributed by atoms with Crippen LogP contribution in [-0.2, 0) is 4.79 Å². The second kappa shape index (κ2) is 7.55. The fourth-order valence-electron chi connectivity index (χ4n) is 2.51. The van der Waals surface area contributed by atoms with E-state index in [0.29, 0.717) is 35.4 Å². The number of rotatable bonds is 5. The van der Waals surface area contributed by atoms with Crippen molar-refractivity contribution < 1.29 is 14.3 Å². The van der Waals surface area contributed by atoms with E-state index in [-0.39, 0.29) is 18.5 Å². The van der Waals surface area contributed by atoms with Crippen LogP contribution in [0.1, 0.15) is 18.5 Å². The Morgan fingerprint density at radius 2 is 1.92 bits per heavy atom. The zero-order valence-corrected chi connectivity index (χ0v) is 14.1. The van der Waals surface area contributed by atoms with Gasteiger partial charge in [-0.25, -0.2) is 0 Å². The van der Waals surface area contributed by atoms with Crippen LogP contribution in [0.25, 0.3) is 0 Å². The second-order valence-electron chi connectivity index (χ2n) is 5.53. The van der Waals surface area contributed by atoms with Crippen molar-refractivity contribution in [2.45, 2.75) is 13.0 Å². The molecule has 0 fully saturated rings. The minimum atomic E-state index is -0.134. The molecule has 3 rings (SSSR count). The van der Waals surface area contributed by atoms with Gasteiger partial charge in [0.1, 0.15) is 13.2 Å². The highest BCUT2D eigenvalue weighted by Crippen LogP contribution is 2.32. The summed E-state index contributed by atoms with van der Waals surface area (Å²) in [5.41, 5.74) is 1.64. The fourth-order valence-corrected chi connectivity index (χ4v) is 2.81. The molecular weight excluding hydrogens is 328 g/mol. The molecule has 1 heterocycles. The van der Waals surface area contributed by atoms with Crippen molar-refractivity contribution in [2.24, 2.45) is 0 Å². The molecule has 2 aromatic carbocycles. The molecule has 2 N–H and O–H groups in total. The van der Waals surface area contributed by atoms with Crippen LogP contribution in [0, 0.1) is 0 Å². The van der Waals surface area contributed by atoms with Crippen LogP contribution in [0.3, 0.4) is 0 Å². The van der Waals surface area contributed by atoms with Gasteiger partial charge in [-0.1, -0.05) is 29.8 Å². The molecule has 1 aliphatic heterocycles. The van der Waals surface area contributed by atoms with Crippen molar-refractivity contribution in [3.8, 4) is 11.5 Å². The molecule has 0 saturated carbocycles. The quantitative estimate of drug-likeness (QED) is 0.871. The average molecular weight is 347 g/mol. The van der Waals surface area contributed by atoms with Crippen molar-refractivity contribution in [1.82, 2.24) is 5.32 Å². The summed E-state index contributed by atoms with van der Waals surface area (Å²) in [6, 6.07) is 12.9. The largest absolute Gasteiger partial charge is 0.486 e. The highest BCUT2D eigenvalue weighted by Gasteiger charge is 2.14. The van der Waals surface area contributed by atoms with Gasteiger partial charge in [0, 0.05) is 22.8 Å². The smallest absolute Gasteiger partial charge is 0.238 e. The fraction of sp³-hybridized carbons (Fsp3) is 0.278. The van der Waals surface area contributed by atoms with E-state index in [9.17, 15) is 4.79 Å². The van der Waals surface area contributed by atoms with Crippen molar-refractivity contribution >= 4 is 23.2 Å². The first-order valence-electron chi connectivity index (χ1n) is 7.81. The van der Waals surface area contributed by atoms with Gasteiger partial charge in [-0.2, -0.15) is 0 Å². The molecule has 24 heavy (non-hydrogen) atoms. The van der Waals surface area contributed by atoms with E-state index < -0.39 is 0 Å². The predicted molar refractivity (Wildman–Crippen MR) is 93.9 cm³/mol. The molecule has 0 spiro atoms. The molecule has 0 radical (unpaired) electrons. The molecule has 1 atom stereocenters. The normalized spacial score (nSPS) is 14.1. The lowest BCUT2D eigenvalue weighted by Gasteiger charge is -2.19. The Balaban J connectivity index is 1.55. The van der Waals surface area contributed by atoms with Crippen molar-refractivity contribution in [2.75, 3.05) is 25.1 Å². The van der Waals surface area contributed by atoms with E-state index in [1.807, 2.05) is 31.2 Å². The summed E-state index contributed by atoms with van der Waals surface area (Å²) in [7, 11) is 0. The van der Waals surface area contributed by atoms with Crippen LogP contribution in [0.15, 0.2) is 42.5 Å². The first kappa shape index (κ1) is 16.6. The van der Waals surface area contributed by atoms with Crippen LogP contribution < -0.4 is 20.1 Å². The van der Waals surface area contributed by atoms with Crippen LogP contribution in [0.2, 0.25) is 5.02 Å². The van der Waals surface area contributed by atoms with Crippen LogP contribution in [-0.4, -0.2) is 25.7 Å². The van der Waals surface area contributed by atoms with Crippen molar-refractivity contribution in [3.63, 3.8) is 0 Å². The third-order valence-electron chi connectivity index (χ3n) is 3.77. The SMILES string of the molecule is CC(NCC(=O)Nc1ccc2c(c1)OCCO2)c1ccccc1Cl. The minimum Gasteiger partial charge on any atom is -0.486 e. The molecular formula is C18H19ClN2O3. The standard InChI is InChI=1S/C18H19ClN2O3/c1-12(14-4-2-3-5-15(14)19)20-11-18(22)21-13-6-7-16-17(10-13)24-9-8-23-16/h2-7,10,12,20H,8-9,11H2,1H3,(H,21,22). The lowest BCUT2D eigenvalue weighted by atomic mass is 10.1. The number of amides is 1. The lowest BCUT2D eigenvalue weighted by molar-refractivity contribution is -0.115. The van der Waals surface area contributed by atoms with Gasteiger partial charge < -0.3 is 20.1 Å². The summed E-state index contributed by atoms with van der Waals surface area (Å²) < 4.78 is 11.0. The van der Waals surface area contributed by atoms with Gasteiger partial charge in [-0.15, -0.1) is 0 Å². The summed E-state index contributed by atoms with van der Waals surface area (Å²) in [6.07, 6.45) is 0. The summed E-state index contributed by atoms with van der Waals surface area (Å²) in [5.74, 6) is 1.21. The Hall–Kier alpha value is -2.24. The minimum absolute atomic E-state index is 0.0234. The van der Waals surface area contributed by atoms with Gasteiger partial charge in [0.25, 0.3) is 0 Å². The van der Waals surface area contributed by atoms with E-state index in [2.05, 4.69) is 10.6 Å². The van der Waals surface area contributed by atoms with E-state index in [4.69, 9.17) is 21.1 Å². The highest BCUT2D eigenvalue weighted by atomic mass is 35.5. The number of anilines is 1. The summed E-state index contributed by atoms with van der Waals surface area (Å²) in [5, 5.41) is 6.70. The van der Waals surface area contributed by atoms with Gasteiger partial charge in [-0.3, -0.25) is 4.79 Å². The third kappa shape index (κ3) is 3.99. The highest BCUT2D eigenvalue weighted by molar-refractivity contribution is 6.31. The molecule has 1 aliphatic rings. The topological polar surface area (TPSA) is 59.6 Å². The predicted octanol–water partition coefficient (Wildman–Crippen LogP) is 3.40. The van der Waals surface area contributed by atoms with Gasteiger partial charge in [0.05, 0.1) is 6.54 Å². The van der Waals surface area contributed by atoms with E-state index >= 15 is 0 Å². The van der Waals surface area contributed by atoms with Crippen molar-refractivity contribution in [3.05, 3.63) is 53.1 Å². The van der Waals surface area contributed by atoms with E-state index in [1.165, 1.54) is 0 Å². The average Bonchev–Trinajstić information content (AvgIpc) is 2.60. The summed E-state index contributed by atoms with van der Waals surface area (Å²) >= 11 is 6.17. The molecule has 126 valence electrons. The molecule has 1 amide bonds. The number of carbonyl (C=O) groups is 1. The molecule has 0 aromatic heterocycles. The number of nitrogens with one attached hydrogen (secondary N) is 2. The molecule has 2 aromatic rings. The lowest BCUT2D eigenvalue weighted by Crippen LogP contribution is -2.30. The number of ether oxygens (including phenoxy) is 2. The number of fused-ring (bicyclic) bond motifs is 1. The Morgan fingerprint density at radius 3 is 2.71 bits per heavy atom. The van der Waals surface area contributed by atoms with Gasteiger partial charge in [-0.05, 0) is 30.7 Å². The summed E-state index contributed by atoms with van der Waals surface area (Å²) in [6.45, 7) is 3.21. The number of benzene rings is 2. The summed E-state index contributed by atoms with van der Waals surface area (Å²) in [4.78, 5) is 12.1. The maximum Gasteiger partial charge on any atom is 0.238 e. The molecule has 0 aliphatic carbocycles. The first-order valence-corrected chi connectivity index (χ1v) is 8.18. The Kier molecular flexibility index (Phi) is 5.23. The number of halogens is 1. The number of carbonyl (C=O) groups excluding carboxylic acids is 1. The Bertz CT molecular complexity index is 736. The van der Waals surface area contributed by atoms with Crippen LogP contribution in [0.5, 0.6) is 11.5 Å². The monoisotopic (exact) mass is 346 g/mol. The van der Waals surface area contributed by atoms with Gasteiger partial charge in [0.2, 0.25) is 5.91 Å². The Morgan fingerprint density at radius 1 is 1.17 bits per heavy atom. The number of hydrogen-bond acceptors (Lipinski definition) is 4. The molecule has 5 nitrogen and oxygen atoms in total. The maximum absolute atomic E-state index is 12.1. The van der Waals surface area contributed by atoms with Gasteiger partial charge in [0.15, 0.2) is 11.5 Å². The first-order chi connectivity index (χ1) is 11.6. The second-order valence-corrected chi connectivity index (χ2v) is 5.94. The molecule has 6 heteroatoms. The molecule has 0 bridgehead atoms. The molecule has 1 unspecified atom stereocenters. The zero-order valence-electron chi connectivity index (χ0n) is 13.3.